The van der Waals surface area contributed by atoms with E-state index in [1.54, 1.807) is 0 Å². The Balaban J connectivity index is 0.982. The first-order chi connectivity index (χ1) is 31.3. The van der Waals surface area contributed by atoms with E-state index < -0.39 is 0 Å². The lowest BCUT2D eigenvalue weighted by Crippen LogP contribution is -2.16. The molecule has 302 valence electrons. The number of para-hydroxylation sites is 2. The second-order valence-corrected chi connectivity index (χ2v) is 19.2. The van der Waals surface area contributed by atoms with Gasteiger partial charge < -0.3 is 9.32 Å². The lowest BCUT2D eigenvalue weighted by Gasteiger charge is -2.28. The highest BCUT2D eigenvalue weighted by atomic mass is 16.3. The summed E-state index contributed by atoms with van der Waals surface area (Å²) in [6.45, 7) is 9.64. The maximum absolute atomic E-state index is 6.79. The Labute approximate surface area is 371 Å². The van der Waals surface area contributed by atoms with Crippen molar-refractivity contribution in [3.63, 3.8) is 0 Å². The molecule has 0 N–H and O–H groups in total. The fourth-order valence-electron chi connectivity index (χ4n) is 12.3. The van der Waals surface area contributed by atoms with Gasteiger partial charge in [0.2, 0.25) is 0 Å². The zero-order valence-corrected chi connectivity index (χ0v) is 36.3. The van der Waals surface area contributed by atoms with Crippen LogP contribution < -0.4 is 4.90 Å². The third-order valence-corrected chi connectivity index (χ3v) is 15.1. The van der Waals surface area contributed by atoms with Crippen molar-refractivity contribution in [2.24, 2.45) is 0 Å². The van der Waals surface area contributed by atoms with Gasteiger partial charge in [0.25, 0.3) is 0 Å². The number of hydrogen-bond acceptors (Lipinski definition) is 2. The topological polar surface area (TPSA) is 16.4 Å². The third-order valence-electron chi connectivity index (χ3n) is 15.1. The van der Waals surface area contributed by atoms with Gasteiger partial charge >= 0.3 is 0 Å². The smallest absolute Gasteiger partial charge is 0.159 e. The van der Waals surface area contributed by atoms with Crippen LogP contribution >= 0.6 is 0 Å². The first-order valence-electron chi connectivity index (χ1n) is 22.6. The van der Waals surface area contributed by atoms with Crippen molar-refractivity contribution >= 4 is 92.9 Å². The molecule has 0 unspecified atom stereocenters. The van der Waals surface area contributed by atoms with Gasteiger partial charge in [-0.15, -0.1) is 0 Å². The lowest BCUT2D eigenvalue weighted by molar-refractivity contribution is 0.667. The Morgan fingerprint density at radius 2 is 0.938 bits per heavy atom. The summed E-state index contributed by atoms with van der Waals surface area (Å²) >= 11 is 0. The van der Waals surface area contributed by atoms with Crippen molar-refractivity contribution in [3.05, 3.63) is 210 Å². The number of nitrogens with zero attached hydrogens (tertiary/aromatic N) is 1. The van der Waals surface area contributed by atoms with E-state index in [1.165, 1.54) is 98.4 Å². The van der Waals surface area contributed by atoms with Crippen molar-refractivity contribution in [2.45, 2.75) is 38.5 Å². The Morgan fingerprint density at radius 1 is 0.359 bits per heavy atom. The van der Waals surface area contributed by atoms with Crippen molar-refractivity contribution in [3.8, 4) is 22.3 Å². The van der Waals surface area contributed by atoms with Crippen molar-refractivity contribution in [1.82, 2.24) is 0 Å². The minimum absolute atomic E-state index is 0.170. The fraction of sp³-hybridized carbons (Fsp3) is 0.0968. The van der Waals surface area contributed by atoms with Crippen LogP contribution in [-0.4, -0.2) is 0 Å². The fourth-order valence-corrected chi connectivity index (χ4v) is 12.3. The highest BCUT2D eigenvalue weighted by Gasteiger charge is 2.40. The lowest BCUT2D eigenvalue weighted by atomic mass is 9.78. The SMILES string of the molecule is CC1(C)c2c(ccc3ccccc23)-c2ccc3cc(N(c4ccc5cc6c(cc5c4)C(C)(C)c4c-6c5ccccc5c5ccccc45)c4cccc5c4oc4ccccc45)ccc3c21. The average molecular weight is 818 g/mol. The third kappa shape index (κ3) is 4.65. The summed E-state index contributed by atoms with van der Waals surface area (Å²) in [6.07, 6.45) is 0. The van der Waals surface area contributed by atoms with Gasteiger partial charge in [0.1, 0.15) is 5.58 Å². The van der Waals surface area contributed by atoms with E-state index in [4.69, 9.17) is 4.42 Å². The van der Waals surface area contributed by atoms with Gasteiger partial charge in [-0.3, -0.25) is 0 Å². The standard InChI is InChI=1S/C62H43NO/c1-61(2)53-35-39-33-40(27-24-37(39)34-52(53)56-47-19-9-7-16-44(47)45-17-8-10-20-48(45)59(56)61)63(54-22-13-21-51-46-18-11-12-23-55(46)64-60(51)54)41-28-31-43-38(32-41)26-30-50-49-29-25-36-14-5-6-15-42(36)57(49)62(3,4)58(43)50/h5-35H,1-4H3. The highest BCUT2D eigenvalue weighted by Crippen LogP contribution is 2.57. The van der Waals surface area contributed by atoms with Crippen LogP contribution in [0.2, 0.25) is 0 Å². The molecule has 14 rings (SSSR count). The molecule has 1 heterocycles. The molecule has 64 heavy (non-hydrogen) atoms. The quantitative estimate of drug-likeness (QED) is 0.165. The summed E-state index contributed by atoms with van der Waals surface area (Å²) in [5.74, 6) is 0. The predicted octanol–water partition coefficient (Wildman–Crippen LogP) is 17.4. The first kappa shape index (κ1) is 35.9. The van der Waals surface area contributed by atoms with Crippen molar-refractivity contribution < 1.29 is 4.42 Å². The molecule has 0 fully saturated rings. The van der Waals surface area contributed by atoms with Gasteiger partial charge in [-0.25, -0.2) is 0 Å². The van der Waals surface area contributed by atoms with Crippen LogP contribution in [0.4, 0.5) is 17.1 Å². The summed E-state index contributed by atoms with van der Waals surface area (Å²) < 4.78 is 6.79. The van der Waals surface area contributed by atoms with E-state index in [1.807, 2.05) is 0 Å². The van der Waals surface area contributed by atoms with E-state index >= 15 is 0 Å². The molecule has 2 nitrogen and oxygen atoms in total. The van der Waals surface area contributed by atoms with Crippen LogP contribution in [0.1, 0.15) is 49.9 Å². The van der Waals surface area contributed by atoms with Gasteiger partial charge in [0.15, 0.2) is 5.58 Å². The molecular weight excluding hydrogens is 775 g/mol. The van der Waals surface area contributed by atoms with Crippen LogP contribution in [0.3, 0.4) is 0 Å². The van der Waals surface area contributed by atoms with E-state index in [0.29, 0.717) is 0 Å². The van der Waals surface area contributed by atoms with Gasteiger partial charge in [-0.05, 0) is 147 Å². The van der Waals surface area contributed by atoms with Crippen LogP contribution in [0.15, 0.2) is 192 Å². The molecule has 2 aliphatic carbocycles. The summed E-state index contributed by atoms with van der Waals surface area (Å²) in [4.78, 5) is 2.42. The molecule has 11 aromatic carbocycles. The van der Waals surface area contributed by atoms with E-state index in [0.717, 1.165) is 39.0 Å². The Morgan fingerprint density at radius 3 is 1.72 bits per heavy atom. The van der Waals surface area contributed by atoms with Gasteiger partial charge in [-0.1, -0.05) is 167 Å². The van der Waals surface area contributed by atoms with Crippen LogP contribution in [-0.2, 0) is 10.8 Å². The molecule has 0 saturated heterocycles. The summed E-state index contributed by atoms with van der Waals surface area (Å²) in [7, 11) is 0. The molecule has 0 spiro atoms. The number of hydrogen-bond donors (Lipinski definition) is 0. The second-order valence-electron chi connectivity index (χ2n) is 19.2. The summed E-state index contributed by atoms with van der Waals surface area (Å²) in [6, 6.07) is 70.1. The largest absolute Gasteiger partial charge is 0.454 e. The normalized spacial score (nSPS) is 14.5. The molecule has 0 atom stereocenters. The number of furan rings is 1. The van der Waals surface area contributed by atoms with Crippen LogP contribution in [0, 0.1) is 0 Å². The maximum atomic E-state index is 6.79. The maximum Gasteiger partial charge on any atom is 0.159 e. The zero-order valence-electron chi connectivity index (χ0n) is 36.3. The molecule has 0 aliphatic heterocycles. The molecule has 0 bridgehead atoms. The van der Waals surface area contributed by atoms with E-state index in [2.05, 4.69) is 221 Å². The van der Waals surface area contributed by atoms with E-state index in [-0.39, 0.29) is 10.8 Å². The Bertz CT molecular complexity index is 4030. The van der Waals surface area contributed by atoms with Crippen LogP contribution in [0.5, 0.6) is 0 Å². The molecule has 0 radical (unpaired) electrons. The Hall–Kier alpha value is -7.68. The second kappa shape index (κ2) is 12.5. The average Bonchev–Trinajstić information content (AvgIpc) is 3.91. The van der Waals surface area contributed by atoms with Crippen molar-refractivity contribution in [1.29, 1.82) is 0 Å². The monoisotopic (exact) mass is 817 g/mol. The number of rotatable bonds is 3. The molecule has 1 aromatic heterocycles. The molecular formula is C62H43NO. The summed E-state index contributed by atoms with van der Waals surface area (Å²) in [5.41, 5.74) is 15.6. The van der Waals surface area contributed by atoms with E-state index in [9.17, 15) is 0 Å². The predicted molar refractivity (Wildman–Crippen MR) is 271 cm³/mol. The Kier molecular flexibility index (Phi) is 7.00. The van der Waals surface area contributed by atoms with Crippen LogP contribution in [0.25, 0.3) is 98.1 Å². The molecule has 12 aromatic rings. The first-order valence-corrected chi connectivity index (χ1v) is 22.6. The molecule has 2 heteroatoms. The number of fused-ring (bicyclic) bond motifs is 19. The summed E-state index contributed by atoms with van der Waals surface area (Å²) in [5, 5.41) is 15.1. The van der Waals surface area contributed by atoms with Gasteiger partial charge in [-0.2, -0.15) is 0 Å². The van der Waals surface area contributed by atoms with Crippen molar-refractivity contribution in [2.75, 3.05) is 4.90 Å². The minimum Gasteiger partial charge on any atom is -0.454 e. The minimum atomic E-state index is -0.198. The number of benzene rings is 11. The molecule has 2 aliphatic rings. The van der Waals surface area contributed by atoms with Gasteiger partial charge in [0, 0.05) is 33.0 Å². The highest BCUT2D eigenvalue weighted by molar-refractivity contribution is 6.19. The van der Waals surface area contributed by atoms with Gasteiger partial charge in [0.05, 0.1) is 5.69 Å². The molecule has 0 amide bonds. The zero-order chi connectivity index (χ0) is 42.6. The molecule has 0 saturated carbocycles. The number of anilines is 3.